The zero-order valence-electron chi connectivity index (χ0n) is 16.2. The number of ether oxygens (including phenoxy) is 1. The number of carbonyl (C=O) groups is 3. The average Bonchev–Trinajstić information content (AvgIpc) is 3.28. The van der Waals surface area contributed by atoms with E-state index in [0.717, 1.165) is 10.5 Å². The van der Waals surface area contributed by atoms with Crippen LogP contribution in [0.4, 0.5) is 4.79 Å². The fourth-order valence-electron chi connectivity index (χ4n) is 3.05. The van der Waals surface area contributed by atoms with Gasteiger partial charge in [0.1, 0.15) is 23.7 Å². The number of amides is 4. The SMILES string of the molecule is O=C1NC(=O)N(Cc2ccco2)C(=O)C1=Cc1ccccc1OCc1ccccc1Cl. The summed E-state index contributed by atoms with van der Waals surface area (Å²) >= 11 is 6.18. The minimum absolute atomic E-state index is 0.0903. The predicted octanol–water partition coefficient (Wildman–Crippen LogP) is 4.17. The van der Waals surface area contributed by atoms with E-state index >= 15 is 0 Å². The third-order valence-electron chi connectivity index (χ3n) is 4.64. The van der Waals surface area contributed by atoms with Crippen LogP contribution >= 0.6 is 11.6 Å². The van der Waals surface area contributed by atoms with Gasteiger partial charge in [-0.1, -0.05) is 48.0 Å². The summed E-state index contributed by atoms with van der Waals surface area (Å²) in [6.45, 7) is 0.121. The van der Waals surface area contributed by atoms with Crippen LogP contribution in [0, 0.1) is 0 Å². The van der Waals surface area contributed by atoms with Crippen LogP contribution in [-0.2, 0) is 22.7 Å². The molecule has 1 saturated heterocycles. The Labute approximate surface area is 182 Å². The van der Waals surface area contributed by atoms with E-state index in [-0.39, 0.29) is 18.7 Å². The second-order valence-electron chi connectivity index (χ2n) is 6.71. The number of benzene rings is 2. The van der Waals surface area contributed by atoms with Crippen molar-refractivity contribution >= 4 is 35.5 Å². The molecule has 1 fully saturated rings. The minimum atomic E-state index is -0.799. The molecule has 0 radical (unpaired) electrons. The maximum absolute atomic E-state index is 12.9. The van der Waals surface area contributed by atoms with Crippen LogP contribution < -0.4 is 10.1 Å². The molecule has 0 bridgehead atoms. The van der Waals surface area contributed by atoms with Crippen LogP contribution in [0.3, 0.4) is 0 Å². The highest BCUT2D eigenvalue weighted by Crippen LogP contribution is 2.25. The zero-order chi connectivity index (χ0) is 21.8. The smallest absolute Gasteiger partial charge is 0.331 e. The minimum Gasteiger partial charge on any atom is -0.488 e. The summed E-state index contributed by atoms with van der Waals surface area (Å²) in [6, 6.07) is 16.7. The molecule has 2 aromatic carbocycles. The van der Waals surface area contributed by atoms with E-state index in [1.807, 2.05) is 18.2 Å². The molecule has 1 aromatic heterocycles. The number of nitrogens with one attached hydrogen (secondary N) is 1. The lowest BCUT2D eigenvalue weighted by Gasteiger charge is -2.25. The molecule has 0 saturated carbocycles. The maximum atomic E-state index is 12.9. The monoisotopic (exact) mass is 436 g/mol. The Bertz CT molecular complexity index is 1170. The summed E-state index contributed by atoms with van der Waals surface area (Å²) in [5.74, 6) is -0.608. The molecule has 2 heterocycles. The van der Waals surface area contributed by atoms with Gasteiger partial charge in [-0.15, -0.1) is 0 Å². The van der Waals surface area contributed by atoms with Crippen molar-refractivity contribution in [2.45, 2.75) is 13.2 Å². The Morgan fingerprint density at radius 2 is 1.77 bits per heavy atom. The van der Waals surface area contributed by atoms with Crippen molar-refractivity contribution in [1.29, 1.82) is 0 Å². The second kappa shape index (κ2) is 8.89. The van der Waals surface area contributed by atoms with Gasteiger partial charge in [0.05, 0.1) is 12.8 Å². The number of nitrogens with zero attached hydrogens (tertiary/aromatic N) is 1. The van der Waals surface area contributed by atoms with Crippen LogP contribution in [-0.4, -0.2) is 22.7 Å². The van der Waals surface area contributed by atoms with E-state index in [4.69, 9.17) is 20.8 Å². The molecule has 1 aliphatic heterocycles. The molecule has 31 heavy (non-hydrogen) atoms. The molecule has 0 unspecified atom stereocenters. The summed E-state index contributed by atoms with van der Waals surface area (Å²) in [5.41, 5.74) is 1.13. The van der Waals surface area contributed by atoms with E-state index in [1.165, 1.54) is 12.3 Å². The molecular weight excluding hydrogens is 420 g/mol. The lowest BCUT2D eigenvalue weighted by Crippen LogP contribution is -2.53. The van der Waals surface area contributed by atoms with Gasteiger partial charge in [-0.25, -0.2) is 4.79 Å². The molecule has 156 valence electrons. The van der Waals surface area contributed by atoms with E-state index in [2.05, 4.69) is 5.32 Å². The number of rotatable bonds is 6. The van der Waals surface area contributed by atoms with E-state index in [0.29, 0.717) is 22.1 Å². The molecule has 4 amide bonds. The molecule has 0 aliphatic carbocycles. The highest BCUT2D eigenvalue weighted by atomic mass is 35.5. The second-order valence-corrected chi connectivity index (χ2v) is 7.11. The number of furan rings is 1. The Kier molecular flexibility index (Phi) is 5.86. The Morgan fingerprint density at radius 3 is 2.55 bits per heavy atom. The topological polar surface area (TPSA) is 88.9 Å². The van der Waals surface area contributed by atoms with Crippen LogP contribution in [0.5, 0.6) is 5.75 Å². The first-order chi connectivity index (χ1) is 15.0. The molecule has 0 spiro atoms. The quantitative estimate of drug-likeness (QED) is 0.462. The Morgan fingerprint density at radius 1 is 1.00 bits per heavy atom. The lowest BCUT2D eigenvalue weighted by molar-refractivity contribution is -0.130. The van der Waals surface area contributed by atoms with Gasteiger partial charge in [0.25, 0.3) is 11.8 Å². The summed E-state index contributed by atoms with van der Waals surface area (Å²) in [5, 5.41) is 2.76. The molecule has 1 N–H and O–H groups in total. The standard InChI is InChI=1S/C23H17ClN2O5/c24-19-9-3-1-7-16(19)14-31-20-10-4-2-6-15(20)12-18-21(27)25-23(29)26(22(18)28)13-17-8-5-11-30-17/h1-12H,13-14H2,(H,25,27,29). The summed E-state index contributed by atoms with van der Waals surface area (Å²) in [6.07, 6.45) is 2.84. The number of urea groups is 1. The molecule has 8 heteroatoms. The normalized spacial score (nSPS) is 15.3. The van der Waals surface area contributed by atoms with Gasteiger partial charge in [0, 0.05) is 16.1 Å². The summed E-state index contributed by atoms with van der Waals surface area (Å²) < 4.78 is 11.1. The van der Waals surface area contributed by atoms with Gasteiger partial charge < -0.3 is 9.15 Å². The first-order valence-electron chi connectivity index (χ1n) is 9.39. The van der Waals surface area contributed by atoms with Crippen molar-refractivity contribution in [1.82, 2.24) is 10.2 Å². The molecule has 4 rings (SSSR count). The molecule has 0 atom stereocenters. The lowest BCUT2D eigenvalue weighted by atomic mass is 10.1. The highest BCUT2D eigenvalue weighted by molar-refractivity contribution is 6.31. The molecule has 3 aromatic rings. The number of halogens is 1. The van der Waals surface area contributed by atoms with E-state index in [1.54, 1.807) is 42.5 Å². The van der Waals surface area contributed by atoms with Crippen LogP contribution in [0.2, 0.25) is 5.02 Å². The van der Waals surface area contributed by atoms with Crippen molar-refractivity contribution in [2.75, 3.05) is 0 Å². The van der Waals surface area contributed by atoms with E-state index in [9.17, 15) is 14.4 Å². The fourth-order valence-corrected chi connectivity index (χ4v) is 3.24. The van der Waals surface area contributed by atoms with E-state index < -0.39 is 17.8 Å². The van der Waals surface area contributed by atoms with Gasteiger partial charge >= 0.3 is 6.03 Å². The number of hydrogen-bond acceptors (Lipinski definition) is 5. The van der Waals surface area contributed by atoms with Crippen LogP contribution in [0.25, 0.3) is 6.08 Å². The van der Waals surface area contributed by atoms with Crippen LogP contribution in [0.1, 0.15) is 16.9 Å². The number of para-hydroxylation sites is 1. The highest BCUT2D eigenvalue weighted by Gasteiger charge is 2.36. The zero-order valence-corrected chi connectivity index (χ0v) is 17.0. The molecular formula is C23H17ClN2O5. The van der Waals surface area contributed by atoms with Gasteiger partial charge in [0.2, 0.25) is 0 Å². The Hall–Kier alpha value is -3.84. The van der Waals surface area contributed by atoms with Crippen molar-refractivity contribution < 1.29 is 23.5 Å². The van der Waals surface area contributed by atoms with Crippen molar-refractivity contribution in [3.63, 3.8) is 0 Å². The fraction of sp³-hybridized carbons (Fsp3) is 0.0870. The van der Waals surface area contributed by atoms with Crippen molar-refractivity contribution in [3.05, 3.63) is 94.4 Å². The number of imide groups is 2. The third-order valence-corrected chi connectivity index (χ3v) is 5.01. The molecule has 7 nitrogen and oxygen atoms in total. The molecule has 1 aliphatic rings. The largest absolute Gasteiger partial charge is 0.488 e. The summed E-state index contributed by atoms with van der Waals surface area (Å²) in [7, 11) is 0. The number of hydrogen-bond donors (Lipinski definition) is 1. The number of carbonyl (C=O) groups excluding carboxylic acids is 3. The summed E-state index contributed by atoms with van der Waals surface area (Å²) in [4.78, 5) is 38.3. The first-order valence-corrected chi connectivity index (χ1v) is 9.77. The number of barbiturate groups is 1. The third kappa shape index (κ3) is 4.51. The van der Waals surface area contributed by atoms with Crippen molar-refractivity contribution in [2.24, 2.45) is 0 Å². The van der Waals surface area contributed by atoms with Gasteiger partial charge in [-0.3, -0.25) is 19.8 Å². The first kappa shape index (κ1) is 20.4. The van der Waals surface area contributed by atoms with Gasteiger partial charge in [-0.05, 0) is 30.3 Å². The average molecular weight is 437 g/mol. The van der Waals surface area contributed by atoms with Gasteiger partial charge in [-0.2, -0.15) is 0 Å². The van der Waals surface area contributed by atoms with Gasteiger partial charge in [0.15, 0.2) is 0 Å². The van der Waals surface area contributed by atoms with Crippen molar-refractivity contribution in [3.8, 4) is 5.75 Å². The maximum Gasteiger partial charge on any atom is 0.331 e. The Balaban J connectivity index is 1.59. The predicted molar refractivity (Wildman–Crippen MR) is 113 cm³/mol. The van der Waals surface area contributed by atoms with Crippen LogP contribution in [0.15, 0.2) is 76.9 Å².